The van der Waals surface area contributed by atoms with Crippen molar-refractivity contribution in [3.8, 4) is 0 Å². The van der Waals surface area contributed by atoms with Crippen LogP contribution in [0.2, 0.25) is 0 Å². The molecule has 0 aromatic rings. The quantitative estimate of drug-likeness (QED) is 0.564. The molecule has 0 spiro atoms. The van der Waals surface area contributed by atoms with Crippen LogP contribution in [0.3, 0.4) is 0 Å². The van der Waals surface area contributed by atoms with Crippen molar-refractivity contribution >= 4 is 23.6 Å². The van der Waals surface area contributed by atoms with E-state index in [1.54, 1.807) is 23.6 Å². The van der Waals surface area contributed by atoms with E-state index in [1.807, 2.05) is 0 Å². The Hall–Kier alpha value is -0.750. The van der Waals surface area contributed by atoms with Gasteiger partial charge in [-0.2, -0.15) is 11.8 Å². The predicted molar refractivity (Wildman–Crippen MR) is 72.6 cm³/mol. The van der Waals surface area contributed by atoms with Gasteiger partial charge in [-0.15, -0.1) is 0 Å². The summed E-state index contributed by atoms with van der Waals surface area (Å²) in [5, 5.41) is 3.07. The second-order valence-corrected chi connectivity index (χ2v) is 5.26. The van der Waals surface area contributed by atoms with Gasteiger partial charge in [-0.25, -0.2) is 4.79 Å². The number of rotatable bonds is 6. The average Bonchev–Trinajstić information content (AvgIpc) is 2.39. The molecule has 1 fully saturated rings. The number of hydrogen-bond acceptors (Lipinski definition) is 5. The summed E-state index contributed by atoms with van der Waals surface area (Å²) in [5.41, 5.74) is 0. The predicted octanol–water partition coefficient (Wildman–Crippen LogP) is 0.493. The topological polar surface area (TPSA) is 58.6 Å². The van der Waals surface area contributed by atoms with Crippen LogP contribution in [0, 0.1) is 0 Å². The molecule has 0 bridgehead atoms. The van der Waals surface area contributed by atoms with Crippen molar-refractivity contribution in [2.45, 2.75) is 26.3 Å². The summed E-state index contributed by atoms with van der Waals surface area (Å²) >= 11 is 1.69. The molecule has 1 amide bonds. The summed E-state index contributed by atoms with van der Waals surface area (Å²) in [4.78, 5) is 25.5. The normalized spacial score (nSPS) is 19.7. The van der Waals surface area contributed by atoms with Crippen molar-refractivity contribution in [2.24, 2.45) is 0 Å². The highest BCUT2D eigenvalue weighted by molar-refractivity contribution is 7.99. The Kier molecular flexibility index (Phi) is 7.12. The van der Waals surface area contributed by atoms with Crippen LogP contribution in [0.4, 0.5) is 0 Å². The van der Waals surface area contributed by atoms with E-state index in [4.69, 9.17) is 4.74 Å². The number of ether oxygens (including phenoxy) is 1. The smallest absolute Gasteiger partial charge is 0.329 e. The van der Waals surface area contributed by atoms with Crippen molar-refractivity contribution in [2.75, 3.05) is 37.7 Å². The van der Waals surface area contributed by atoms with Crippen molar-refractivity contribution in [1.29, 1.82) is 0 Å². The van der Waals surface area contributed by atoms with E-state index >= 15 is 0 Å². The maximum absolute atomic E-state index is 12.0. The number of nitrogens with zero attached hydrogens (tertiary/aromatic N) is 1. The molecule has 1 aliphatic heterocycles. The zero-order valence-corrected chi connectivity index (χ0v) is 11.9. The van der Waals surface area contributed by atoms with Gasteiger partial charge in [-0.1, -0.05) is 6.92 Å². The first-order valence-corrected chi connectivity index (χ1v) is 7.60. The monoisotopic (exact) mass is 274 g/mol. The van der Waals surface area contributed by atoms with Gasteiger partial charge >= 0.3 is 5.97 Å². The van der Waals surface area contributed by atoms with E-state index in [-0.39, 0.29) is 11.9 Å². The summed E-state index contributed by atoms with van der Waals surface area (Å²) in [6, 6.07) is -0.417. The Morgan fingerprint density at radius 3 is 2.89 bits per heavy atom. The standard InChI is InChI=1S/C12H22N2O3S/c1-3-5-13-8-11(15)14-6-7-18-9-10(14)12(16)17-4-2/h10,13H,3-9H2,1-2H3. The lowest BCUT2D eigenvalue weighted by atomic mass is 10.2. The number of carbonyl (C=O) groups excluding carboxylic acids is 2. The van der Waals surface area contributed by atoms with Crippen LogP contribution in [-0.4, -0.2) is 60.6 Å². The molecule has 1 N–H and O–H groups in total. The molecule has 0 saturated carbocycles. The highest BCUT2D eigenvalue weighted by Crippen LogP contribution is 2.17. The Bertz CT molecular complexity index is 286. The average molecular weight is 274 g/mol. The zero-order valence-electron chi connectivity index (χ0n) is 11.1. The van der Waals surface area contributed by atoms with Crippen molar-refractivity contribution in [1.82, 2.24) is 10.2 Å². The van der Waals surface area contributed by atoms with Crippen LogP contribution in [0.1, 0.15) is 20.3 Å². The minimum Gasteiger partial charge on any atom is -0.464 e. The zero-order chi connectivity index (χ0) is 13.4. The molecule has 1 atom stereocenters. The lowest BCUT2D eigenvalue weighted by molar-refractivity contribution is -0.153. The van der Waals surface area contributed by atoms with E-state index in [0.29, 0.717) is 25.4 Å². The molecule has 1 unspecified atom stereocenters. The highest BCUT2D eigenvalue weighted by atomic mass is 32.2. The van der Waals surface area contributed by atoms with Crippen LogP contribution in [0.15, 0.2) is 0 Å². The number of hydrogen-bond donors (Lipinski definition) is 1. The largest absolute Gasteiger partial charge is 0.464 e. The van der Waals surface area contributed by atoms with Crippen molar-refractivity contribution in [3.63, 3.8) is 0 Å². The Balaban J connectivity index is 2.52. The number of amides is 1. The maximum atomic E-state index is 12.0. The lowest BCUT2D eigenvalue weighted by Gasteiger charge is -2.33. The molecule has 0 aliphatic carbocycles. The van der Waals surface area contributed by atoms with Crippen LogP contribution in [0.5, 0.6) is 0 Å². The van der Waals surface area contributed by atoms with Gasteiger partial charge in [0.1, 0.15) is 6.04 Å². The first-order chi connectivity index (χ1) is 8.70. The number of esters is 1. The second kappa shape index (κ2) is 8.37. The summed E-state index contributed by atoms with van der Waals surface area (Å²) in [5.74, 6) is 1.23. The van der Waals surface area contributed by atoms with Crippen LogP contribution < -0.4 is 5.32 Å². The summed E-state index contributed by atoms with van der Waals surface area (Å²) in [7, 11) is 0. The van der Waals surface area contributed by atoms with Gasteiger partial charge in [-0.3, -0.25) is 4.79 Å². The molecule has 0 radical (unpaired) electrons. The number of carbonyl (C=O) groups is 2. The van der Waals surface area contributed by atoms with Crippen molar-refractivity contribution < 1.29 is 14.3 Å². The highest BCUT2D eigenvalue weighted by Gasteiger charge is 2.33. The third-order valence-corrected chi connectivity index (χ3v) is 3.73. The number of nitrogens with one attached hydrogen (secondary N) is 1. The van der Waals surface area contributed by atoms with E-state index in [9.17, 15) is 9.59 Å². The van der Waals surface area contributed by atoms with Gasteiger partial charge in [0.2, 0.25) is 5.91 Å². The molecular weight excluding hydrogens is 252 g/mol. The van der Waals surface area contributed by atoms with Gasteiger partial charge in [0, 0.05) is 18.1 Å². The molecule has 1 aliphatic rings. The fraction of sp³-hybridized carbons (Fsp3) is 0.833. The SMILES string of the molecule is CCCNCC(=O)N1CCSCC1C(=O)OCC. The maximum Gasteiger partial charge on any atom is 0.329 e. The molecule has 1 heterocycles. The third kappa shape index (κ3) is 4.49. The molecule has 5 nitrogen and oxygen atoms in total. The molecule has 6 heteroatoms. The lowest BCUT2D eigenvalue weighted by Crippen LogP contribution is -2.53. The third-order valence-electron chi connectivity index (χ3n) is 2.71. The van der Waals surface area contributed by atoms with Gasteiger partial charge in [0.25, 0.3) is 0 Å². The van der Waals surface area contributed by atoms with E-state index in [1.165, 1.54) is 0 Å². The van der Waals surface area contributed by atoms with Crippen LogP contribution in [-0.2, 0) is 14.3 Å². The summed E-state index contributed by atoms with van der Waals surface area (Å²) in [6.45, 7) is 5.93. The molecular formula is C12H22N2O3S. The molecule has 104 valence electrons. The Morgan fingerprint density at radius 2 is 2.22 bits per heavy atom. The minimum atomic E-state index is -0.417. The minimum absolute atomic E-state index is 0.0122. The molecule has 1 saturated heterocycles. The number of thioether (sulfide) groups is 1. The Morgan fingerprint density at radius 1 is 1.44 bits per heavy atom. The van der Waals surface area contributed by atoms with E-state index in [0.717, 1.165) is 18.7 Å². The van der Waals surface area contributed by atoms with Gasteiger partial charge in [0.05, 0.1) is 13.2 Å². The molecule has 18 heavy (non-hydrogen) atoms. The summed E-state index contributed by atoms with van der Waals surface area (Å²) < 4.78 is 5.02. The Labute approximate surface area is 113 Å². The van der Waals surface area contributed by atoms with Crippen LogP contribution >= 0.6 is 11.8 Å². The van der Waals surface area contributed by atoms with E-state index in [2.05, 4.69) is 12.2 Å². The van der Waals surface area contributed by atoms with Gasteiger partial charge < -0.3 is 15.0 Å². The van der Waals surface area contributed by atoms with E-state index < -0.39 is 6.04 Å². The van der Waals surface area contributed by atoms with Gasteiger partial charge in [0.15, 0.2) is 0 Å². The first kappa shape index (κ1) is 15.3. The second-order valence-electron chi connectivity index (χ2n) is 4.11. The van der Waals surface area contributed by atoms with Gasteiger partial charge in [-0.05, 0) is 19.9 Å². The summed E-state index contributed by atoms with van der Waals surface area (Å²) in [6.07, 6.45) is 0.991. The first-order valence-electron chi connectivity index (χ1n) is 6.45. The molecule has 1 rings (SSSR count). The molecule has 0 aromatic heterocycles. The fourth-order valence-corrected chi connectivity index (χ4v) is 2.84. The molecule has 0 aromatic carbocycles. The van der Waals surface area contributed by atoms with Crippen molar-refractivity contribution in [3.05, 3.63) is 0 Å². The fourth-order valence-electron chi connectivity index (χ4n) is 1.81. The van der Waals surface area contributed by atoms with Crippen LogP contribution in [0.25, 0.3) is 0 Å².